The van der Waals surface area contributed by atoms with Crippen LogP contribution < -0.4 is 0 Å². The maximum absolute atomic E-state index is 13.3. The van der Waals surface area contributed by atoms with E-state index in [1.54, 1.807) is 6.92 Å². The monoisotopic (exact) mass is 230 g/mol. The Kier molecular flexibility index (Phi) is 3.95. The van der Waals surface area contributed by atoms with Crippen LogP contribution in [0, 0.1) is 11.6 Å². The Bertz CT molecular complexity index is 404. The van der Waals surface area contributed by atoms with Crippen molar-refractivity contribution in [3.63, 3.8) is 0 Å². The van der Waals surface area contributed by atoms with Gasteiger partial charge < -0.3 is 9.84 Å². The molecule has 1 rings (SSSR count). The van der Waals surface area contributed by atoms with E-state index in [-0.39, 0.29) is 11.1 Å². The van der Waals surface area contributed by atoms with E-state index in [0.29, 0.717) is 12.5 Å². The molecule has 1 aromatic carbocycles. The predicted molar refractivity (Wildman–Crippen MR) is 52.7 cm³/mol. The quantitative estimate of drug-likeness (QED) is 0.804. The molecule has 1 atom stereocenters. The molecule has 88 valence electrons. The van der Waals surface area contributed by atoms with Gasteiger partial charge in [0.15, 0.2) is 6.10 Å². The van der Waals surface area contributed by atoms with E-state index in [0.717, 1.165) is 13.2 Å². The van der Waals surface area contributed by atoms with E-state index in [2.05, 4.69) is 4.74 Å². The van der Waals surface area contributed by atoms with Gasteiger partial charge in [0.25, 0.3) is 0 Å². The van der Waals surface area contributed by atoms with Gasteiger partial charge in [-0.3, -0.25) is 0 Å². The molecule has 1 aromatic rings. The Morgan fingerprint density at radius 3 is 2.56 bits per heavy atom. The smallest absolute Gasteiger partial charge is 0.339 e. The molecule has 1 unspecified atom stereocenters. The maximum Gasteiger partial charge on any atom is 0.339 e. The van der Waals surface area contributed by atoms with Gasteiger partial charge in [0.1, 0.15) is 11.6 Å². The summed E-state index contributed by atoms with van der Waals surface area (Å²) in [5.74, 6) is -2.64. The van der Waals surface area contributed by atoms with Gasteiger partial charge in [-0.15, -0.1) is 0 Å². The first-order chi connectivity index (χ1) is 7.51. The molecular formula is C11H12F2O3. The van der Waals surface area contributed by atoms with Gasteiger partial charge in [0, 0.05) is 11.6 Å². The molecule has 0 saturated heterocycles. The first-order valence-electron chi connectivity index (χ1n) is 4.75. The fourth-order valence-electron chi connectivity index (χ4n) is 1.33. The maximum atomic E-state index is 13.3. The average Bonchev–Trinajstić information content (AvgIpc) is 2.27. The number of hydrogen-bond donors (Lipinski definition) is 1. The molecular weight excluding hydrogens is 218 g/mol. The molecule has 0 aromatic heterocycles. The standard InChI is InChI=1S/C11H12F2O3/c1-3-6-4-7(9(13)5-8(6)12)10(14)11(15)16-2/h4-5,10,14H,3H2,1-2H3. The lowest BCUT2D eigenvalue weighted by Gasteiger charge is -2.11. The number of carbonyl (C=O) groups is 1. The second-order valence-corrected chi connectivity index (χ2v) is 3.24. The van der Waals surface area contributed by atoms with Gasteiger partial charge in [-0.1, -0.05) is 6.92 Å². The van der Waals surface area contributed by atoms with Crippen LogP contribution in [0.5, 0.6) is 0 Å². The van der Waals surface area contributed by atoms with Gasteiger partial charge in [0.2, 0.25) is 0 Å². The van der Waals surface area contributed by atoms with Crippen LogP contribution in [0.15, 0.2) is 12.1 Å². The number of esters is 1. The Morgan fingerprint density at radius 2 is 2.06 bits per heavy atom. The highest BCUT2D eigenvalue weighted by Gasteiger charge is 2.23. The van der Waals surface area contributed by atoms with Crippen molar-refractivity contribution in [2.24, 2.45) is 0 Å². The highest BCUT2D eigenvalue weighted by Crippen LogP contribution is 2.22. The van der Waals surface area contributed by atoms with E-state index in [1.807, 2.05) is 0 Å². The fraction of sp³-hybridized carbons (Fsp3) is 0.364. The summed E-state index contributed by atoms with van der Waals surface area (Å²) in [6, 6.07) is 1.78. The summed E-state index contributed by atoms with van der Waals surface area (Å²) in [6.45, 7) is 1.69. The van der Waals surface area contributed by atoms with Crippen molar-refractivity contribution >= 4 is 5.97 Å². The van der Waals surface area contributed by atoms with Crippen LogP contribution in [0.25, 0.3) is 0 Å². The van der Waals surface area contributed by atoms with E-state index in [9.17, 15) is 18.7 Å². The number of ether oxygens (including phenoxy) is 1. The van der Waals surface area contributed by atoms with Crippen LogP contribution in [0.4, 0.5) is 8.78 Å². The van der Waals surface area contributed by atoms with Crippen LogP contribution in [0.2, 0.25) is 0 Å². The lowest BCUT2D eigenvalue weighted by molar-refractivity contribution is -0.150. The molecule has 0 spiro atoms. The largest absolute Gasteiger partial charge is 0.467 e. The van der Waals surface area contributed by atoms with Crippen LogP contribution in [-0.2, 0) is 16.0 Å². The Morgan fingerprint density at radius 1 is 1.44 bits per heavy atom. The summed E-state index contributed by atoms with van der Waals surface area (Å²) in [4.78, 5) is 11.0. The van der Waals surface area contributed by atoms with Gasteiger partial charge >= 0.3 is 5.97 Å². The zero-order valence-corrected chi connectivity index (χ0v) is 8.96. The number of aliphatic hydroxyl groups excluding tert-OH is 1. The second-order valence-electron chi connectivity index (χ2n) is 3.24. The van der Waals surface area contributed by atoms with Crippen LogP contribution in [0.3, 0.4) is 0 Å². The van der Waals surface area contributed by atoms with Crippen molar-refractivity contribution < 1.29 is 23.4 Å². The van der Waals surface area contributed by atoms with E-state index < -0.39 is 23.7 Å². The van der Waals surface area contributed by atoms with Gasteiger partial charge in [-0.25, -0.2) is 13.6 Å². The molecule has 0 aliphatic rings. The van der Waals surface area contributed by atoms with Crippen molar-refractivity contribution in [1.29, 1.82) is 0 Å². The normalized spacial score (nSPS) is 12.3. The number of hydrogen-bond acceptors (Lipinski definition) is 3. The van der Waals surface area contributed by atoms with Crippen LogP contribution in [-0.4, -0.2) is 18.2 Å². The van der Waals surface area contributed by atoms with Crippen molar-refractivity contribution in [3.8, 4) is 0 Å². The molecule has 0 aliphatic heterocycles. The van der Waals surface area contributed by atoms with Gasteiger partial charge in [-0.2, -0.15) is 0 Å². The second kappa shape index (κ2) is 5.03. The fourth-order valence-corrected chi connectivity index (χ4v) is 1.33. The number of aliphatic hydroxyl groups is 1. The third-order valence-electron chi connectivity index (χ3n) is 2.27. The molecule has 0 heterocycles. The summed E-state index contributed by atoms with van der Waals surface area (Å²) in [7, 11) is 1.08. The lowest BCUT2D eigenvalue weighted by Crippen LogP contribution is -2.15. The first-order valence-corrected chi connectivity index (χ1v) is 4.75. The molecule has 0 amide bonds. The highest BCUT2D eigenvalue weighted by molar-refractivity contribution is 5.76. The number of halogens is 2. The molecule has 1 N–H and O–H groups in total. The molecule has 0 fully saturated rings. The predicted octanol–water partition coefficient (Wildman–Crippen LogP) is 1.73. The molecule has 0 radical (unpaired) electrons. The van der Waals surface area contributed by atoms with Crippen LogP contribution in [0.1, 0.15) is 24.2 Å². The van der Waals surface area contributed by atoms with Crippen molar-refractivity contribution in [2.75, 3.05) is 7.11 Å². The SMILES string of the molecule is CCc1cc(C(O)C(=O)OC)c(F)cc1F. The van der Waals surface area contributed by atoms with E-state index in [1.165, 1.54) is 0 Å². The minimum atomic E-state index is -1.73. The number of carbonyl (C=O) groups excluding carboxylic acids is 1. The summed E-state index contributed by atoms with van der Waals surface area (Å²) < 4.78 is 30.7. The number of rotatable bonds is 3. The third-order valence-corrected chi connectivity index (χ3v) is 2.27. The van der Waals surface area contributed by atoms with Gasteiger partial charge in [-0.05, 0) is 18.1 Å². The minimum absolute atomic E-state index is 0.236. The molecule has 0 aliphatic carbocycles. The topological polar surface area (TPSA) is 46.5 Å². The zero-order valence-electron chi connectivity index (χ0n) is 8.96. The lowest BCUT2D eigenvalue weighted by atomic mass is 10.0. The number of methoxy groups -OCH3 is 1. The number of aryl methyl sites for hydroxylation is 1. The third kappa shape index (κ3) is 2.36. The van der Waals surface area contributed by atoms with Crippen LogP contribution >= 0.6 is 0 Å². The molecule has 16 heavy (non-hydrogen) atoms. The first kappa shape index (κ1) is 12.6. The summed E-state index contributed by atoms with van der Waals surface area (Å²) in [5.41, 5.74) is -0.0375. The van der Waals surface area contributed by atoms with E-state index in [4.69, 9.17) is 0 Å². The Labute approximate surface area is 91.7 Å². The molecule has 0 bridgehead atoms. The summed E-state index contributed by atoms with van der Waals surface area (Å²) in [5, 5.41) is 9.44. The average molecular weight is 230 g/mol. The summed E-state index contributed by atoms with van der Waals surface area (Å²) >= 11 is 0. The molecule has 5 heteroatoms. The van der Waals surface area contributed by atoms with Crippen molar-refractivity contribution in [2.45, 2.75) is 19.4 Å². The van der Waals surface area contributed by atoms with E-state index >= 15 is 0 Å². The Balaban J connectivity index is 3.18. The minimum Gasteiger partial charge on any atom is -0.467 e. The van der Waals surface area contributed by atoms with Crippen molar-refractivity contribution in [3.05, 3.63) is 34.9 Å². The zero-order chi connectivity index (χ0) is 12.3. The van der Waals surface area contributed by atoms with Gasteiger partial charge in [0.05, 0.1) is 7.11 Å². The molecule has 3 nitrogen and oxygen atoms in total. The molecule has 0 saturated carbocycles. The van der Waals surface area contributed by atoms with Crippen molar-refractivity contribution in [1.82, 2.24) is 0 Å². The highest BCUT2D eigenvalue weighted by atomic mass is 19.1. The number of benzene rings is 1. The Hall–Kier alpha value is -1.49. The summed E-state index contributed by atoms with van der Waals surface area (Å²) in [6.07, 6.45) is -1.39.